The highest BCUT2D eigenvalue weighted by Gasteiger charge is 2.31. The monoisotopic (exact) mass is 344 g/mol. The minimum absolute atomic E-state index is 0.187. The number of benzene rings is 1. The number of rotatable bonds is 2. The van der Waals surface area contributed by atoms with Crippen LogP contribution in [0.2, 0.25) is 0 Å². The van der Waals surface area contributed by atoms with E-state index in [-0.39, 0.29) is 11.2 Å². The number of aromatic nitrogens is 2. The van der Waals surface area contributed by atoms with E-state index in [0.717, 1.165) is 23.6 Å². The third kappa shape index (κ3) is 2.65. The molecule has 8 heteroatoms. The molecule has 22 heavy (non-hydrogen) atoms. The van der Waals surface area contributed by atoms with Crippen LogP contribution >= 0.6 is 23.5 Å². The Bertz CT molecular complexity index is 787. The molecule has 2 heterocycles. The fourth-order valence-corrected chi connectivity index (χ4v) is 3.88. The summed E-state index contributed by atoms with van der Waals surface area (Å²) in [5.41, 5.74) is -0.150. The van der Waals surface area contributed by atoms with Crippen molar-refractivity contribution in [3.8, 4) is 5.69 Å². The molecule has 1 aromatic carbocycles. The second-order valence-corrected chi connectivity index (χ2v) is 6.54. The van der Waals surface area contributed by atoms with Crippen molar-refractivity contribution in [2.45, 2.75) is 22.6 Å². The first-order chi connectivity index (χ1) is 10.4. The third-order valence-electron chi connectivity index (χ3n) is 3.28. The topological polar surface area (TPSA) is 34.9 Å². The van der Waals surface area contributed by atoms with Gasteiger partial charge in [0.2, 0.25) is 0 Å². The van der Waals surface area contributed by atoms with Crippen LogP contribution in [0.4, 0.5) is 13.2 Å². The Kier molecular flexibility index (Phi) is 3.98. The Morgan fingerprint density at radius 2 is 2.14 bits per heavy atom. The fraction of sp³-hybridized carbons (Fsp3) is 0.286. The van der Waals surface area contributed by atoms with Gasteiger partial charge < -0.3 is 0 Å². The van der Waals surface area contributed by atoms with Gasteiger partial charge in [-0.25, -0.2) is 4.98 Å². The van der Waals surface area contributed by atoms with Gasteiger partial charge >= 0.3 is 6.18 Å². The Labute approximate surface area is 132 Å². The summed E-state index contributed by atoms with van der Waals surface area (Å²) in [5.74, 6) is 0.776. The molecule has 1 aromatic heterocycles. The van der Waals surface area contributed by atoms with E-state index in [9.17, 15) is 18.0 Å². The van der Waals surface area contributed by atoms with Crippen molar-refractivity contribution in [2.24, 2.45) is 0 Å². The SMILES string of the molecule is CSc1nc2c(c(=O)n1-c1cccc(C(F)(F)F)c1)SCC2. The van der Waals surface area contributed by atoms with Gasteiger partial charge in [-0.15, -0.1) is 11.8 Å². The average Bonchev–Trinajstić information content (AvgIpc) is 2.95. The quantitative estimate of drug-likeness (QED) is 0.616. The number of nitrogens with zero attached hydrogens (tertiary/aromatic N) is 2. The highest BCUT2D eigenvalue weighted by Crippen LogP contribution is 2.32. The molecule has 0 atom stereocenters. The minimum Gasteiger partial charge on any atom is -0.268 e. The van der Waals surface area contributed by atoms with E-state index < -0.39 is 11.7 Å². The first kappa shape index (κ1) is 15.5. The standard InChI is InChI=1S/C14H11F3N2OS2/c1-21-13-18-10-5-6-22-11(10)12(20)19(13)9-4-2-3-8(7-9)14(15,16)17/h2-4,7H,5-6H2,1H3. The molecule has 0 N–H and O–H groups in total. The van der Waals surface area contributed by atoms with Crippen LogP contribution in [0.25, 0.3) is 5.69 Å². The van der Waals surface area contributed by atoms with E-state index in [1.165, 1.54) is 40.2 Å². The number of halogens is 3. The van der Waals surface area contributed by atoms with Crippen LogP contribution in [-0.2, 0) is 12.6 Å². The fourth-order valence-electron chi connectivity index (χ4n) is 2.28. The Hall–Kier alpha value is -1.41. The predicted octanol–water partition coefficient (Wildman–Crippen LogP) is 3.62. The van der Waals surface area contributed by atoms with Crippen LogP contribution in [0, 0.1) is 0 Å². The van der Waals surface area contributed by atoms with Gasteiger partial charge in [0.25, 0.3) is 5.56 Å². The number of alkyl halides is 3. The summed E-state index contributed by atoms with van der Waals surface area (Å²) in [5, 5.41) is 0.408. The van der Waals surface area contributed by atoms with Crippen molar-refractivity contribution in [1.29, 1.82) is 0 Å². The van der Waals surface area contributed by atoms with Crippen molar-refractivity contribution >= 4 is 23.5 Å². The van der Waals surface area contributed by atoms with E-state index in [2.05, 4.69) is 4.98 Å². The second-order valence-electron chi connectivity index (χ2n) is 4.66. The van der Waals surface area contributed by atoms with Gasteiger partial charge in [0.1, 0.15) is 0 Å². The van der Waals surface area contributed by atoms with Crippen molar-refractivity contribution in [3.05, 3.63) is 45.9 Å². The lowest BCUT2D eigenvalue weighted by Gasteiger charge is -2.14. The summed E-state index contributed by atoms with van der Waals surface area (Å²) in [7, 11) is 0. The number of aryl methyl sites for hydroxylation is 1. The minimum atomic E-state index is -4.45. The zero-order valence-corrected chi connectivity index (χ0v) is 13.1. The molecule has 1 aliphatic heterocycles. The summed E-state index contributed by atoms with van der Waals surface area (Å²) in [4.78, 5) is 17.6. The molecule has 0 radical (unpaired) electrons. The highest BCUT2D eigenvalue weighted by molar-refractivity contribution is 7.99. The normalized spacial score (nSPS) is 14.2. The largest absolute Gasteiger partial charge is 0.416 e. The first-order valence-electron chi connectivity index (χ1n) is 6.42. The molecule has 0 amide bonds. The number of hydrogen-bond donors (Lipinski definition) is 0. The lowest BCUT2D eigenvalue weighted by Crippen LogP contribution is -2.24. The van der Waals surface area contributed by atoms with Crippen LogP contribution in [0.5, 0.6) is 0 Å². The molecule has 0 unspecified atom stereocenters. The van der Waals surface area contributed by atoms with Gasteiger partial charge in [-0.2, -0.15) is 13.2 Å². The van der Waals surface area contributed by atoms with Gasteiger partial charge in [-0.3, -0.25) is 9.36 Å². The van der Waals surface area contributed by atoms with Crippen molar-refractivity contribution in [2.75, 3.05) is 12.0 Å². The van der Waals surface area contributed by atoms with E-state index in [0.29, 0.717) is 16.5 Å². The Morgan fingerprint density at radius 3 is 2.82 bits per heavy atom. The van der Waals surface area contributed by atoms with Gasteiger partial charge in [-0.1, -0.05) is 17.8 Å². The summed E-state index contributed by atoms with van der Waals surface area (Å²) < 4.78 is 39.9. The van der Waals surface area contributed by atoms with Crippen molar-refractivity contribution in [1.82, 2.24) is 9.55 Å². The molecule has 0 saturated heterocycles. The molecular formula is C14H11F3N2OS2. The molecule has 2 aromatic rings. The van der Waals surface area contributed by atoms with Crippen molar-refractivity contribution < 1.29 is 13.2 Å². The molecule has 0 bridgehead atoms. The van der Waals surface area contributed by atoms with Gasteiger partial charge in [0.15, 0.2) is 5.16 Å². The predicted molar refractivity (Wildman–Crippen MR) is 81.0 cm³/mol. The van der Waals surface area contributed by atoms with E-state index in [1.54, 1.807) is 6.26 Å². The molecule has 0 spiro atoms. The van der Waals surface area contributed by atoms with Crippen molar-refractivity contribution in [3.63, 3.8) is 0 Å². The Morgan fingerprint density at radius 1 is 1.36 bits per heavy atom. The zero-order chi connectivity index (χ0) is 15.9. The lowest BCUT2D eigenvalue weighted by molar-refractivity contribution is -0.137. The van der Waals surface area contributed by atoms with Crippen LogP contribution < -0.4 is 5.56 Å². The van der Waals surface area contributed by atoms with Crippen LogP contribution in [-0.4, -0.2) is 21.6 Å². The number of fused-ring (bicyclic) bond motifs is 1. The Balaban J connectivity index is 2.23. The molecule has 3 rings (SSSR count). The zero-order valence-electron chi connectivity index (χ0n) is 11.5. The molecule has 0 saturated carbocycles. The van der Waals surface area contributed by atoms with Crippen LogP contribution in [0.3, 0.4) is 0 Å². The molecule has 0 aliphatic carbocycles. The molecule has 0 fully saturated rings. The van der Waals surface area contributed by atoms with E-state index in [1.807, 2.05) is 0 Å². The van der Waals surface area contributed by atoms with E-state index in [4.69, 9.17) is 0 Å². The highest BCUT2D eigenvalue weighted by atomic mass is 32.2. The first-order valence-corrected chi connectivity index (χ1v) is 8.63. The summed E-state index contributed by atoms with van der Waals surface area (Å²) in [6.07, 6.45) is -1.98. The number of hydrogen-bond acceptors (Lipinski definition) is 4. The maximum Gasteiger partial charge on any atom is 0.416 e. The molecule has 3 nitrogen and oxygen atoms in total. The molecular weight excluding hydrogens is 333 g/mol. The summed E-state index contributed by atoms with van der Waals surface area (Å²) in [6.45, 7) is 0. The average molecular weight is 344 g/mol. The van der Waals surface area contributed by atoms with Gasteiger partial charge in [0.05, 0.1) is 21.8 Å². The van der Waals surface area contributed by atoms with Gasteiger partial charge in [-0.05, 0) is 24.5 Å². The summed E-state index contributed by atoms with van der Waals surface area (Å²) in [6, 6.07) is 4.76. The second kappa shape index (κ2) is 5.66. The maximum atomic E-state index is 12.9. The number of thioether (sulfide) groups is 2. The molecule has 1 aliphatic rings. The smallest absolute Gasteiger partial charge is 0.268 e. The summed E-state index contributed by atoms with van der Waals surface area (Å²) >= 11 is 2.65. The molecule has 116 valence electrons. The van der Waals surface area contributed by atoms with Crippen LogP contribution in [0.1, 0.15) is 11.3 Å². The lowest BCUT2D eigenvalue weighted by atomic mass is 10.2. The maximum absolute atomic E-state index is 12.9. The van der Waals surface area contributed by atoms with Crippen LogP contribution in [0.15, 0.2) is 39.1 Å². The van der Waals surface area contributed by atoms with Gasteiger partial charge in [0, 0.05) is 12.2 Å². The van der Waals surface area contributed by atoms with E-state index >= 15 is 0 Å². The third-order valence-corrected chi connectivity index (χ3v) is 5.03.